The number of hydrogen-bond donors (Lipinski definition) is 3. The van der Waals surface area contributed by atoms with Crippen molar-refractivity contribution in [3.8, 4) is 23.0 Å². The van der Waals surface area contributed by atoms with Crippen molar-refractivity contribution in [1.29, 1.82) is 0 Å². The van der Waals surface area contributed by atoms with Crippen LogP contribution in [0.4, 0.5) is 23.0 Å². The Labute approximate surface area is 426 Å². The van der Waals surface area contributed by atoms with E-state index in [1.807, 2.05) is 129 Å². The summed E-state index contributed by atoms with van der Waals surface area (Å²) in [7, 11) is 0. The molecule has 1 atom stereocenters. The molecule has 2 aliphatic rings. The maximum atomic E-state index is 9.54. The van der Waals surface area contributed by atoms with E-state index in [0.717, 1.165) is 95.7 Å². The van der Waals surface area contributed by atoms with Crippen LogP contribution in [0.5, 0.6) is 23.0 Å². The number of aryl methyl sites for hydroxylation is 2. The number of hydrogen-bond acceptors (Lipinski definition) is 16. The Bertz CT molecular complexity index is 3760. The first-order valence-corrected chi connectivity index (χ1v) is 23.7. The zero-order chi connectivity index (χ0) is 50.1. The second-order valence-corrected chi connectivity index (χ2v) is 19.0. The predicted molar refractivity (Wildman–Crippen MR) is 287 cm³/mol. The van der Waals surface area contributed by atoms with Gasteiger partial charge in [0, 0.05) is 71.9 Å². The predicted octanol–water partition coefficient (Wildman–Crippen LogP) is 10.7. The van der Waals surface area contributed by atoms with Gasteiger partial charge in [-0.15, -0.1) is 0 Å². The van der Waals surface area contributed by atoms with Gasteiger partial charge in [-0.2, -0.15) is 5.10 Å². The van der Waals surface area contributed by atoms with Crippen LogP contribution in [0.3, 0.4) is 0 Å². The van der Waals surface area contributed by atoms with Crippen molar-refractivity contribution in [2.45, 2.75) is 66.0 Å². The smallest absolute Gasteiger partial charge is 0.188 e. The summed E-state index contributed by atoms with van der Waals surface area (Å²) in [6, 6.07) is 31.6. The molecule has 0 saturated heterocycles. The minimum atomic E-state index is -0.568. The van der Waals surface area contributed by atoms with Gasteiger partial charge in [0.25, 0.3) is 0 Å². The third kappa shape index (κ3) is 10.8. The molecular weight excluding hydrogens is 935 g/mol. The zero-order valence-corrected chi connectivity index (χ0v) is 40.8. The van der Waals surface area contributed by atoms with Gasteiger partial charge in [-0.25, -0.2) is 44.4 Å². The molecule has 1 unspecified atom stereocenters. The third-order valence-corrected chi connectivity index (χ3v) is 12.4. The van der Waals surface area contributed by atoms with Crippen molar-refractivity contribution in [3.63, 3.8) is 0 Å². The number of fused-ring (bicyclic) bond motifs is 4. The van der Waals surface area contributed by atoms with Crippen LogP contribution in [0.1, 0.15) is 50.5 Å². The monoisotopic (exact) mass is 989 g/mol. The van der Waals surface area contributed by atoms with Gasteiger partial charge in [0.05, 0.1) is 23.2 Å². The van der Waals surface area contributed by atoms with Crippen LogP contribution < -0.4 is 20.1 Å². The summed E-state index contributed by atoms with van der Waals surface area (Å²) in [5.41, 5.74) is 8.42. The topological polar surface area (TPSA) is 205 Å². The number of anilines is 4. The van der Waals surface area contributed by atoms with Crippen molar-refractivity contribution in [2.75, 3.05) is 30.5 Å². The SMILES string of the molecule is C.Cc1cc(Nc2ncnc3ccc(CC4=NC(C)(C)CO4)cc23)ccc1Oc1ccn2ncnc2c1.Cc1cc(Nc2ncnc3ccc(CC4=NC(C)(CO)CO4)cc23)ccc1Oc1ccn2ccnc2c1. The molecule has 0 bridgehead atoms. The summed E-state index contributed by atoms with van der Waals surface area (Å²) in [6.07, 6.45) is 13.2. The zero-order valence-electron chi connectivity index (χ0n) is 40.8. The summed E-state index contributed by atoms with van der Waals surface area (Å²) in [4.78, 5) is 35.6. The van der Waals surface area contributed by atoms with E-state index in [1.165, 1.54) is 6.33 Å². The van der Waals surface area contributed by atoms with Gasteiger partial charge in [0.15, 0.2) is 17.4 Å². The number of pyridine rings is 2. The molecule has 6 aromatic heterocycles. The van der Waals surface area contributed by atoms with Crippen LogP contribution in [-0.2, 0) is 22.3 Å². The van der Waals surface area contributed by atoms with E-state index in [2.05, 4.69) is 81.6 Å². The van der Waals surface area contributed by atoms with E-state index in [0.29, 0.717) is 43.5 Å². The fourth-order valence-corrected chi connectivity index (χ4v) is 8.53. The largest absolute Gasteiger partial charge is 0.478 e. The molecule has 18 heteroatoms. The minimum Gasteiger partial charge on any atom is -0.478 e. The quantitative estimate of drug-likeness (QED) is 0.0983. The Kier molecular flexibility index (Phi) is 13.3. The van der Waals surface area contributed by atoms with Crippen LogP contribution in [-0.4, -0.2) is 91.7 Å². The van der Waals surface area contributed by atoms with Crippen LogP contribution in [0.2, 0.25) is 0 Å². The Morgan fingerprint density at radius 3 is 1.74 bits per heavy atom. The van der Waals surface area contributed by atoms with Crippen molar-refractivity contribution >= 4 is 67.9 Å². The van der Waals surface area contributed by atoms with Crippen LogP contribution in [0, 0.1) is 13.8 Å². The Morgan fingerprint density at radius 1 is 0.595 bits per heavy atom. The lowest BCUT2D eigenvalue weighted by atomic mass is 10.1. The van der Waals surface area contributed by atoms with Gasteiger partial charge < -0.3 is 39.1 Å². The lowest BCUT2D eigenvalue weighted by Crippen LogP contribution is -2.28. The Morgan fingerprint density at radius 2 is 1.18 bits per heavy atom. The highest BCUT2D eigenvalue weighted by atomic mass is 16.5. The second kappa shape index (κ2) is 20.2. The normalized spacial score (nSPS) is 15.6. The number of aliphatic imine (C=N–C) groups is 2. The van der Waals surface area contributed by atoms with Crippen LogP contribution >= 0.6 is 0 Å². The van der Waals surface area contributed by atoms with Gasteiger partial charge in [-0.1, -0.05) is 19.6 Å². The molecule has 2 aliphatic heterocycles. The summed E-state index contributed by atoms with van der Waals surface area (Å²) in [6.45, 7) is 11.0. The molecule has 8 heterocycles. The minimum absolute atomic E-state index is 0. The van der Waals surface area contributed by atoms with Gasteiger partial charge >= 0.3 is 0 Å². The van der Waals surface area contributed by atoms with E-state index in [9.17, 15) is 5.11 Å². The summed E-state index contributed by atoms with van der Waals surface area (Å²) >= 11 is 0. The summed E-state index contributed by atoms with van der Waals surface area (Å²) in [5.74, 6) is 5.80. The highest BCUT2D eigenvalue weighted by Gasteiger charge is 2.31. The van der Waals surface area contributed by atoms with Gasteiger partial charge in [0.2, 0.25) is 0 Å². The van der Waals surface area contributed by atoms with Crippen molar-refractivity contribution in [1.82, 2.24) is 43.9 Å². The van der Waals surface area contributed by atoms with Crippen molar-refractivity contribution in [2.24, 2.45) is 9.98 Å². The summed E-state index contributed by atoms with van der Waals surface area (Å²) < 4.78 is 27.3. The van der Waals surface area contributed by atoms with E-state index in [-0.39, 0.29) is 19.6 Å². The van der Waals surface area contributed by atoms with Gasteiger partial charge in [0.1, 0.15) is 78.0 Å². The standard InChI is InChI=1S/C28H26N6O3.C27H25N7O2.CH4/c1-18-11-20(4-6-24(18)37-21-7-9-34-10-8-29-25(34)14-21)32-27-22-12-19(3-5-23(22)30-17-31-27)13-26-33-28(2,15-35)16-36-26;1-17-10-19(5-7-23(17)36-20-8-9-34-24(13-20)29-16-31-34)32-26-21-11-18(4-6-22(21)28-15-30-26)12-25-33-27(2,3)14-35-25;/h3-12,14,17,35H,13,15-16H2,1-2H3,(H,30,31,32);4-11,13,15-16H,12,14H2,1-3H3,(H,28,30,32);1H4. The van der Waals surface area contributed by atoms with E-state index in [4.69, 9.17) is 18.9 Å². The van der Waals surface area contributed by atoms with Gasteiger partial charge in [-0.3, -0.25) is 0 Å². The van der Waals surface area contributed by atoms with Gasteiger partial charge in [-0.05, 0) is 130 Å². The number of aliphatic hydroxyl groups excluding tert-OH is 1. The molecule has 0 fully saturated rings. The molecule has 0 spiro atoms. The molecule has 0 amide bonds. The maximum Gasteiger partial charge on any atom is 0.188 e. The number of benzene rings is 4. The number of ether oxygens (including phenoxy) is 4. The van der Waals surface area contributed by atoms with Crippen LogP contribution in [0.25, 0.3) is 33.1 Å². The average molecular weight is 990 g/mol. The molecule has 374 valence electrons. The number of imidazole rings is 1. The maximum absolute atomic E-state index is 9.54. The first kappa shape index (κ1) is 48.6. The number of nitrogens with one attached hydrogen (secondary N) is 2. The number of rotatable bonds is 13. The number of aromatic nitrogens is 9. The van der Waals surface area contributed by atoms with E-state index < -0.39 is 5.54 Å². The average Bonchev–Trinajstić information content (AvgIpc) is 4.21. The highest BCUT2D eigenvalue weighted by molar-refractivity contribution is 5.93. The third-order valence-electron chi connectivity index (χ3n) is 12.4. The fourth-order valence-electron chi connectivity index (χ4n) is 8.53. The molecule has 0 saturated carbocycles. The highest BCUT2D eigenvalue weighted by Crippen LogP contribution is 2.33. The second-order valence-electron chi connectivity index (χ2n) is 19.0. The Balaban J connectivity index is 0.000000167. The molecule has 10 aromatic rings. The lowest BCUT2D eigenvalue weighted by molar-refractivity contribution is 0.169. The Hall–Kier alpha value is -9.03. The molecule has 18 nitrogen and oxygen atoms in total. The molecule has 4 aromatic carbocycles. The lowest BCUT2D eigenvalue weighted by Gasteiger charge is -2.13. The molecule has 0 aliphatic carbocycles. The number of aliphatic hydroxyl groups is 1. The number of nitrogens with zero attached hydrogens (tertiary/aromatic N) is 11. The van der Waals surface area contributed by atoms with Crippen molar-refractivity contribution < 1.29 is 24.1 Å². The molecule has 0 radical (unpaired) electrons. The first-order valence-electron chi connectivity index (χ1n) is 23.7. The molecule has 74 heavy (non-hydrogen) atoms. The van der Waals surface area contributed by atoms with Crippen LogP contribution in [0.15, 0.2) is 151 Å². The summed E-state index contributed by atoms with van der Waals surface area (Å²) in [5, 5.41) is 22.4. The van der Waals surface area contributed by atoms with E-state index in [1.54, 1.807) is 23.4 Å². The molecular formula is C56H55N13O5. The van der Waals surface area contributed by atoms with Crippen molar-refractivity contribution in [3.05, 3.63) is 163 Å². The van der Waals surface area contributed by atoms with E-state index >= 15 is 0 Å². The molecule has 3 N–H and O–H groups in total. The fraction of sp³-hybridized carbons (Fsp3) is 0.232. The molecule has 12 rings (SSSR count). The first-order chi connectivity index (χ1) is 35.4.